The second-order valence-electron chi connectivity index (χ2n) is 11.9. The fraction of sp³-hybridized carbons (Fsp3) is 0.467. The van der Waals surface area contributed by atoms with E-state index in [1.165, 1.54) is 11.8 Å². The number of likely N-dealkylation sites (N-methyl/N-ethyl adjacent to an activating group) is 1. The highest BCUT2D eigenvalue weighted by Gasteiger charge is 2.25. The molecule has 43 heavy (non-hydrogen) atoms. The molecule has 232 valence electrons. The molecule has 0 aliphatic carbocycles. The summed E-state index contributed by atoms with van der Waals surface area (Å²) >= 11 is 0. The number of amides is 2. The molecule has 1 atom stereocenters. The van der Waals surface area contributed by atoms with Gasteiger partial charge in [-0.2, -0.15) is 0 Å². The van der Waals surface area contributed by atoms with E-state index in [2.05, 4.69) is 37.5 Å². The number of sulfonamides is 1. The van der Waals surface area contributed by atoms with Gasteiger partial charge in [0, 0.05) is 18.2 Å². The van der Waals surface area contributed by atoms with Crippen molar-refractivity contribution in [3.63, 3.8) is 0 Å². The monoisotopic (exact) mass is 611 g/mol. The molecule has 1 fully saturated rings. The Labute approximate surface area is 253 Å². The van der Waals surface area contributed by atoms with Crippen LogP contribution in [0.25, 0.3) is 5.69 Å². The van der Waals surface area contributed by atoms with E-state index in [9.17, 15) is 18.0 Å². The number of methoxy groups -OCH3 is 1. The molecule has 1 saturated heterocycles. The molecule has 1 aliphatic rings. The first-order chi connectivity index (χ1) is 20.2. The summed E-state index contributed by atoms with van der Waals surface area (Å²) in [6, 6.07) is 8.91. The van der Waals surface area contributed by atoms with Crippen LogP contribution in [-0.2, 0) is 15.4 Å². The van der Waals surface area contributed by atoms with Crippen LogP contribution in [0, 0.1) is 6.92 Å². The van der Waals surface area contributed by atoms with Crippen LogP contribution in [0.15, 0.2) is 36.5 Å². The Morgan fingerprint density at radius 2 is 1.84 bits per heavy atom. The van der Waals surface area contributed by atoms with Crippen LogP contribution < -0.4 is 20.1 Å². The van der Waals surface area contributed by atoms with Crippen molar-refractivity contribution in [2.24, 2.45) is 0 Å². The number of hydrogen-bond acceptors (Lipinski definition) is 8. The van der Waals surface area contributed by atoms with E-state index in [4.69, 9.17) is 4.74 Å². The predicted molar refractivity (Wildman–Crippen MR) is 167 cm³/mol. The molecule has 1 aliphatic heterocycles. The lowest BCUT2D eigenvalue weighted by Gasteiger charge is -2.24. The van der Waals surface area contributed by atoms with Crippen LogP contribution in [0.2, 0.25) is 0 Å². The molecule has 2 heterocycles. The fourth-order valence-electron chi connectivity index (χ4n) is 5.17. The summed E-state index contributed by atoms with van der Waals surface area (Å²) in [7, 11) is -2.21. The number of benzene rings is 2. The quantitative estimate of drug-likeness (QED) is 0.314. The number of hydrogen-bond donors (Lipinski definition) is 3. The first-order valence-corrected chi connectivity index (χ1v) is 16.2. The van der Waals surface area contributed by atoms with Crippen LogP contribution in [0.1, 0.15) is 72.5 Å². The third-order valence-electron chi connectivity index (χ3n) is 7.55. The van der Waals surface area contributed by atoms with Crippen molar-refractivity contribution in [3.05, 3.63) is 58.9 Å². The summed E-state index contributed by atoms with van der Waals surface area (Å²) in [6.45, 7) is 12.5. The summed E-state index contributed by atoms with van der Waals surface area (Å²) in [5.74, 6) is -0.554. The second kappa shape index (κ2) is 12.7. The number of rotatable bonds is 10. The molecule has 3 N–H and O–H groups in total. The minimum absolute atomic E-state index is 0.185. The summed E-state index contributed by atoms with van der Waals surface area (Å²) in [5, 5.41) is 14.1. The topological polar surface area (TPSA) is 148 Å². The van der Waals surface area contributed by atoms with Gasteiger partial charge in [0.05, 0.1) is 36.6 Å². The lowest BCUT2D eigenvalue weighted by atomic mass is 9.86. The number of carbonyl (C=O) groups excluding carboxylic acids is 2. The zero-order chi connectivity index (χ0) is 31.5. The molecule has 0 unspecified atom stereocenters. The van der Waals surface area contributed by atoms with Gasteiger partial charge in [0.2, 0.25) is 10.0 Å². The van der Waals surface area contributed by atoms with Crippen LogP contribution in [0.5, 0.6) is 5.75 Å². The molecule has 2 amide bonds. The third-order valence-corrected chi connectivity index (χ3v) is 8.14. The maximum absolute atomic E-state index is 13.5. The molecule has 0 radical (unpaired) electrons. The molecule has 12 nitrogen and oxygen atoms in total. The van der Waals surface area contributed by atoms with E-state index in [1.807, 2.05) is 27.7 Å². The van der Waals surface area contributed by atoms with Crippen molar-refractivity contribution >= 4 is 33.2 Å². The van der Waals surface area contributed by atoms with Crippen molar-refractivity contribution in [1.82, 2.24) is 25.2 Å². The smallest absolute Gasteiger partial charge is 0.273 e. The van der Waals surface area contributed by atoms with E-state index < -0.39 is 15.9 Å². The van der Waals surface area contributed by atoms with Crippen LogP contribution in [0.4, 0.5) is 11.4 Å². The number of aromatic nitrogens is 3. The van der Waals surface area contributed by atoms with Gasteiger partial charge in [-0.05, 0) is 73.7 Å². The van der Waals surface area contributed by atoms with Gasteiger partial charge in [-0.1, -0.05) is 39.0 Å². The summed E-state index contributed by atoms with van der Waals surface area (Å²) in [4.78, 5) is 28.7. The normalized spacial score (nSPS) is 15.7. The number of ether oxygens (including phenoxy) is 1. The molecule has 3 aromatic rings. The molecule has 0 bridgehead atoms. The largest absolute Gasteiger partial charge is 0.492 e. The Balaban J connectivity index is 1.57. The van der Waals surface area contributed by atoms with Crippen molar-refractivity contribution < 1.29 is 22.7 Å². The van der Waals surface area contributed by atoms with Crippen LogP contribution >= 0.6 is 0 Å². The Bertz CT molecular complexity index is 1610. The second-order valence-corrected chi connectivity index (χ2v) is 13.6. The maximum atomic E-state index is 13.5. The lowest BCUT2D eigenvalue weighted by Crippen LogP contribution is -2.40. The Morgan fingerprint density at radius 1 is 1.12 bits per heavy atom. The molecular weight excluding hydrogens is 570 g/mol. The summed E-state index contributed by atoms with van der Waals surface area (Å²) in [5.41, 5.74) is 2.90. The van der Waals surface area contributed by atoms with Gasteiger partial charge in [-0.15, -0.1) is 5.10 Å². The van der Waals surface area contributed by atoms with Gasteiger partial charge in [-0.25, -0.2) is 13.1 Å². The number of nitrogens with zero attached hydrogens (tertiary/aromatic N) is 4. The summed E-state index contributed by atoms with van der Waals surface area (Å²) < 4.78 is 33.6. The van der Waals surface area contributed by atoms with Gasteiger partial charge in [0.25, 0.3) is 11.8 Å². The van der Waals surface area contributed by atoms with E-state index in [0.29, 0.717) is 29.5 Å². The van der Waals surface area contributed by atoms with Gasteiger partial charge in [0.1, 0.15) is 0 Å². The molecule has 2 aromatic carbocycles. The standard InChI is InChI=1S/C30H41N7O5S/c1-8-36-13-9-10-22(36)17-31-29(39)25-18-37(35-33-25)26-14-20(12-11-19(26)2)28(38)32-23-15-21(30(3,4)5)16-24(27(23)42-6)34-43(7,40)41/h11-12,14-16,18,22,34H,8-10,13,17H2,1-7H3,(H,31,39)(H,32,38)/t22-/m1/s1. The average molecular weight is 612 g/mol. The van der Waals surface area contributed by atoms with Crippen molar-refractivity contribution in [1.29, 1.82) is 0 Å². The molecule has 13 heteroatoms. The van der Waals surface area contributed by atoms with Crippen molar-refractivity contribution in [3.8, 4) is 11.4 Å². The predicted octanol–water partition coefficient (Wildman–Crippen LogP) is 3.72. The van der Waals surface area contributed by atoms with E-state index >= 15 is 0 Å². The van der Waals surface area contributed by atoms with E-state index in [-0.39, 0.29) is 28.5 Å². The number of likely N-dealkylation sites (tertiary alicyclic amines) is 1. The van der Waals surface area contributed by atoms with Gasteiger partial charge in [-0.3, -0.25) is 19.2 Å². The van der Waals surface area contributed by atoms with Gasteiger partial charge >= 0.3 is 0 Å². The first kappa shape index (κ1) is 32.0. The highest BCUT2D eigenvalue weighted by molar-refractivity contribution is 7.92. The molecule has 0 spiro atoms. The fourth-order valence-corrected chi connectivity index (χ4v) is 5.72. The number of carbonyl (C=O) groups is 2. The van der Waals surface area contributed by atoms with Gasteiger partial charge in [0.15, 0.2) is 11.4 Å². The molecule has 0 saturated carbocycles. The number of nitrogens with one attached hydrogen (secondary N) is 3. The number of aryl methyl sites for hydroxylation is 1. The molecule has 4 rings (SSSR count). The van der Waals surface area contributed by atoms with Gasteiger partial charge < -0.3 is 15.4 Å². The highest BCUT2D eigenvalue weighted by atomic mass is 32.2. The van der Waals surface area contributed by atoms with E-state index in [0.717, 1.165) is 43.3 Å². The minimum Gasteiger partial charge on any atom is -0.492 e. The zero-order valence-corrected chi connectivity index (χ0v) is 26.6. The number of anilines is 2. The van der Waals surface area contributed by atoms with Crippen LogP contribution in [0.3, 0.4) is 0 Å². The lowest BCUT2D eigenvalue weighted by molar-refractivity contribution is 0.0935. The first-order valence-electron chi connectivity index (χ1n) is 14.3. The Morgan fingerprint density at radius 3 is 2.49 bits per heavy atom. The van der Waals surface area contributed by atoms with Crippen LogP contribution in [-0.4, -0.2) is 79.2 Å². The Kier molecular flexibility index (Phi) is 9.45. The molecule has 1 aromatic heterocycles. The SMILES string of the molecule is CCN1CCC[C@@H]1CNC(=O)c1cn(-c2cc(C(=O)Nc3cc(C(C)(C)C)cc(NS(C)(=O)=O)c3OC)ccc2C)nn1. The average Bonchev–Trinajstić information content (AvgIpc) is 3.60. The van der Waals surface area contributed by atoms with Crippen molar-refractivity contribution in [2.45, 2.75) is 58.9 Å². The van der Waals surface area contributed by atoms with Crippen molar-refractivity contribution in [2.75, 3.05) is 43.0 Å². The minimum atomic E-state index is -3.62. The zero-order valence-electron chi connectivity index (χ0n) is 25.8. The maximum Gasteiger partial charge on any atom is 0.273 e. The summed E-state index contributed by atoms with van der Waals surface area (Å²) in [6.07, 6.45) is 4.78. The molecular formula is C30H41N7O5S. The van der Waals surface area contributed by atoms with E-state index in [1.54, 1.807) is 36.5 Å². The highest BCUT2D eigenvalue weighted by Crippen LogP contribution is 2.39. The Hall–Kier alpha value is -3.97. The third kappa shape index (κ3) is 7.71.